The van der Waals surface area contributed by atoms with E-state index in [1.807, 2.05) is 54.6 Å². The van der Waals surface area contributed by atoms with Gasteiger partial charge in [-0.2, -0.15) is 0 Å². The van der Waals surface area contributed by atoms with Crippen molar-refractivity contribution >= 4 is 50.7 Å². The predicted octanol–water partition coefficient (Wildman–Crippen LogP) is 3.45. The molecule has 14 nitrogen and oxygen atoms in total. The van der Waals surface area contributed by atoms with Crippen LogP contribution in [0.4, 0.5) is 14.0 Å². The summed E-state index contributed by atoms with van der Waals surface area (Å²) in [5.41, 5.74) is -0.800. The third kappa shape index (κ3) is 9.08. The molecule has 4 atom stereocenters. The lowest BCUT2D eigenvalue weighted by Crippen LogP contribution is -2.66. The van der Waals surface area contributed by atoms with E-state index in [-0.39, 0.29) is 52.1 Å². The molecule has 1 unspecified atom stereocenters. The lowest BCUT2D eigenvalue weighted by molar-refractivity contribution is -0.146. The first-order chi connectivity index (χ1) is 25.5. The lowest BCUT2D eigenvalue weighted by atomic mass is 10.0. The van der Waals surface area contributed by atoms with Crippen LogP contribution in [0.1, 0.15) is 63.4 Å². The highest BCUT2D eigenvalue weighted by molar-refractivity contribution is 7.91. The molecular formula is C37H46FN5O9S. The second kappa shape index (κ2) is 16.5. The van der Waals surface area contributed by atoms with Crippen molar-refractivity contribution in [2.24, 2.45) is 5.92 Å². The van der Waals surface area contributed by atoms with E-state index in [0.717, 1.165) is 22.8 Å². The number of alkyl carbamates (subject to hydrolysis) is 1. The summed E-state index contributed by atoms with van der Waals surface area (Å²) >= 11 is 0. The fraction of sp³-hybridized carbons (Fsp3) is 0.541. The number of benzene rings is 2. The average molecular weight is 756 g/mol. The van der Waals surface area contributed by atoms with Gasteiger partial charge < -0.3 is 29.9 Å². The summed E-state index contributed by atoms with van der Waals surface area (Å²) in [5, 5.41) is 6.59. The van der Waals surface area contributed by atoms with Gasteiger partial charge in [0.2, 0.25) is 21.8 Å². The van der Waals surface area contributed by atoms with Crippen LogP contribution in [0, 0.1) is 5.92 Å². The average Bonchev–Trinajstić information content (AvgIpc) is 4.09. The van der Waals surface area contributed by atoms with Gasteiger partial charge in [0.1, 0.15) is 24.2 Å². The molecule has 4 aliphatic rings. The number of halogens is 1. The van der Waals surface area contributed by atoms with E-state index < -0.39 is 75.4 Å². The minimum Gasteiger partial charge on any atom is -0.449 e. The van der Waals surface area contributed by atoms with Crippen LogP contribution in [0.2, 0.25) is 0 Å². The Balaban J connectivity index is 1.25. The maximum atomic E-state index is 14.3. The molecule has 0 bridgehead atoms. The summed E-state index contributed by atoms with van der Waals surface area (Å²) in [6.45, 7) is -1.29. The first-order valence-electron chi connectivity index (χ1n) is 18.3. The number of carbonyl (C=O) groups is 5. The van der Waals surface area contributed by atoms with Crippen molar-refractivity contribution < 1.29 is 46.3 Å². The van der Waals surface area contributed by atoms with E-state index in [2.05, 4.69) is 15.4 Å². The van der Waals surface area contributed by atoms with Crippen LogP contribution in [0.25, 0.3) is 10.8 Å². The Morgan fingerprint density at radius 3 is 2.57 bits per heavy atom. The van der Waals surface area contributed by atoms with Crippen LogP contribution in [0.15, 0.2) is 54.6 Å². The number of sulfonamides is 1. The highest BCUT2D eigenvalue weighted by atomic mass is 32.2. The van der Waals surface area contributed by atoms with Crippen molar-refractivity contribution in [2.45, 2.75) is 87.3 Å². The fourth-order valence-corrected chi connectivity index (χ4v) is 8.33. The van der Waals surface area contributed by atoms with Crippen molar-refractivity contribution in [3.05, 3.63) is 60.2 Å². The van der Waals surface area contributed by atoms with Crippen molar-refractivity contribution in [1.82, 2.24) is 25.2 Å². The van der Waals surface area contributed by atoms with Crippen LogP contribution in [0.5, 0.6) is 0 Å². The van der Waals surface area contributed by atoms with E-state index in [0.29, 0.717) is 32.1 Å². The zero-order chi connectivity index (χ0) is 37.6. The van der Waals surface area contributed by atoms with Gasteiger partial charge in [0.25, 0.3) is 5.91 Å². The third-order valence-corrected chi connectivity index (χ3v) is 12.1. The minimum atomic E-state index is -3.93. The molecule has 0 radical (unpaired) electrons. The van der Waals surface area contributed by atoms with Crippen LogP contribution in [-0.2, 0) is 40.5 Å². The molecule has 1 saturated heterocycles. The summed E-state index contributed by atoms with van der Waals surface area (Å²) in [6, 6.07) is 10.9. The molecule has 0 aromatic heterocycles. The Kier molecular flexibility index (Phi) is 11.8. The molecule has 0 spiro atoms. The number of alkyl halides is 1. The van der Waals surface area contributed by atoms with Gasteiger partial charge >= 0.3 is 12.2 Å². The minimum absolute atomic E-state index is 0.00136. The first kappa shape index (κ1) is 38.0. The topological polar surface area (TPSA) is 181 Å². The number of piperazine rings is 1. The number of amides is 5. The number of nitrogens with zero attached hydrogens (tertiary/aromatic N) is 2. The Bertz CT molecular complexity index is 1850. The summed E-state index contributed by atoms with van der Waals surface area (Å²) in [5.74, 6) is -2.70. The fourth-order valence-electron chi connectivity index (χ4n) is 6.96. The maximum absolute atomic E-state index is 14.3. The first-order valence-corrected chi connectivity index (χ1v) is 19.8. The van der Waals surface area contributed by atoms with Gasteiger partial charge in [-0.15, -0.1) is 0 Å². The van der Waals surface area contributed by atoms with Gasteiger partial charge in [-0.25, -0.2) is 18.0 Å². The standard InChI is InChI=1S/C37H46FN5O9S/c38-18-9-21-51-35(47)39-30-15-5-3-1-2-4-13-27-22-37(27,34(46)41-53(49,50)28-16-17-28)40-32(44)31-23-42(19-20-43(31)33(30)45)36(48)52-24-26-12-8-11-25-10-6-7-14-29(25)26/h4,6-8,10-14,27-28,30-31H,1-3,5,9,15-24H2,(H,39,47)(H,40,44)(H,41,46)/b13-4+/t27?,30-,31-,37-/m0/s1. The third-order valence-electron chi connectivity index (χ3n) is 10.3. The van der Waals surface area contributed by atoms with Gasteiger partial charge in [-0.3, -0.25) is 23.5 Å². The monoisotopic (exact) mass is 755 g/mol. The molecule has 2 saturated carbocycles. The van der Waals surface area contributed by atoms with Crippen molar-refractivity contribution in [3.63, 3.8) is 0 Å². The number of allylic oxidation sites excluding steroid dienone is 1. The summed E-state index contributed by atoms with van der Waals surface area (Å²) in [7, 11) is -3.93. The number of rotatable bonds is 9. The normalized spacial score (nSPS) is 25.8. The second-order valence-electron chi connectivity index (χ2n) is 14.1. The largest absolute Gasteiger partial charge is 0.449 e. The number of hydrogen-bond donors (Lipinski definition) is 3. The van der Waals surface area contributed by atoms with E-state index in [1.165, 1.54) is 9.80 Å². The van der Waals surface area contributed by atoms with E-state index >= 15 is 0 Å². The van der Waals surface area contributed by atoms with E-state index in [4.69, 9.17) is 9.47 Å². The van der Waals surface area contributed by atoms with Gasteiger partial charge in [-0.05, 0) is 54.9 Å². The Morgan fingerprint density at radius 2 is 1.77 bits per heavy atom. The Hall–Kier alpha value is -4.73. The van der Waals surface area contributed by atoms with Crippen molar-refractivity contribution in [1.29, 1.82) is 0 Å². The number of ether oxygens (including phenoxy) is 2. The molecule has 16 heteroatoms. The molecular weight excluding hydrogens is 709 g/mol. The number of carbonyl (C=O) groups excluding carboxylic acids is 5. The van der Waals surface area contributed by atoms with Gasteiger partial charge in [0.05, 0.1) is 25.1 Å². The van der Waals surface area contributed by atoms with E-state index in [9.17, 15) is 36.8 Å². The van der Waals surface area contributed by atoms with Gasteiger partial charge in [0, 0.05) is 25.4 Å². The Morgan fingerprint density at radius 1 is 0.981 bits per heavy atom. The molecule has 2 aliphatic carbocycles. The zero-order valence-corrected chi connectivity index (χ0v) is 30.3. The van der Waals surface area contributed by atoms with Crippen LogP contribution >= 0.6 is 0 Å². The van der Waals surface area contributed by atoms with Crippen molar-refractivity contribution in [3.8, 4) is 0 Å². The molecule has 53 heavy (non-hydrogen) atoms. The molecule has 2 aliphatic heterocycles. The lowest BCUT2D eigenvalue weighted by Gasteiger charge is -2.41. The number of nitrogens with one attached hydrogen (secondary N) is 3. The molecule has 286 valence electrons. The Labute approximate surface area is 307 Å². The highest BCUT2D eigenvalue weighted by Crippen LogP contribution is 2.46. The quantitative estimate of drug-likeness (QED) is 0.255. The van der Waals surface area contributed by atoms with Crippen LogP contribution in [0.3, 0.4) is 0 Å². The molecule has 5 amide bonds. The molecule has 2 heterocycles. The zero-order valence-electron chi connectivity index (χ0n) is 29.5. The maximum Gasteiger partial charge on any atom is 0.410 e. The highest BCUT2D eigenvalue weighted by Gasteiger charge is 2.62. The summed E-state index contributed by atoms with van der Waals surface area (Å²) in [6.07, 6.45) is 6.00. The summed E-state index contributed by atoms with van der Waals surface area (Å²) < 4.78 is 51.1. The van der Waals surface area contributed by atoms with Gasteiger partial charge in [-0.1, -0.05) is 67.5 Å². The molecule has 2 aromatic rings. The summed E-state index contributed by atoms with van der Waals surface area (Å²) in [4.78, 5) is 70.9. The van der Waals surface area contributed by atoms with Crippen LogP contribution < -0.4 is 15.4 Å². The number of hydrogen-bond acceptors (Lipinski definition) is 9. The second-order valence-corrected chi connectivity index (χ2v) is 16.0. The molecule has 3 N–H and O–H groups in total. The predicted molar refractivity (Wildman–Crippen MR) is 191 cm³/mol. The SMILES string of the molecule is O=C(N[C@H]1CCCCC/C=C/C2C[C@]2(C(=O)NS(=O)(=O)C2CC2)NC(=O)[C@@H]2CN(C(=O)OCc3cccc4ccccc34)CCN2C1=O)OCCCF. The smallest absolute Gasteiger partial charge is 0.410 e. The van der Waals surface area contributed by atoms with Gasteiger partial charge in [0.15, 0.2) is 0 Å². The van der Waals surface area contributed by atoms with E-state index in [1.54, 1.807) is 0 Å². The van der Waals surface area contributed by atoms with Crippen LogP contribution in [-0.4, -0.2) is 104 Å². The molecule has 3 fully saturated rings. The molecule has 2 aromatic carbocycles. The number of fused-ring (bicyclic) bond motifs is 3. The van der Waals surface area contributed by atoms with Crippen molar-refractivity contribution in [2.75, 3.05) is 32.9 Å². The molecule has 6 rings (SSSR count).